The number of carboxylic acids is 2. The lowest BCUT2D eigenvalue weighted by atomic mass is 10.3. The molecule has 0 rings (SSSR count). The largest absolute Gasteiger partial charge is 0.480 e. The SMILES string of the molecule is N[C@@H](CNC(=O)NC(=O)C(=O)O)C(=O)O. The number of hydrogen-bond acceptors (Lipinski definition) is 5. The van der Waals surface area contributed by atoms with E-state index in [0.717, 1.165) is 0 Å². The minimum Gasteiger partial charge on any atom is -0.480 e. The maximum atomic E-state index is 10.7. The van der Waals surface area contributed by atoms with Crippen molar-refractivity contribution in [2.45, 2.75) is 6.04 Å². The second-order valence-electron chi connectivity index (χ2n) is 2.41. The number of carbonyl (C=O) groups excluding carboxylic acids is 2. The number of hydrogen-bond donors (Lipinski definition) is 5. The molecule has 0 aromatic heterocycles. The standard InChI is InChI=1S/C6H9N3O6/c7-2(4(11)12)1-8-6(15)9-3(10)5(13)14/h2H,1,7H2,(H,11,12)(H,13,14)(H2,8,9,10,15)/t2-/m0/s1. The van der Waals surface area contributed by atoms with Gasteiger partial charge in [-0.25, -0.2) is 9.59 Å². The van der Waals surface area contributed by atoms with E-state index in [2.05, 4.69) is 0 Å². The minimum absolute atomic E-state index is 0.423. The molecule has 0 radical (unpaired) electrons. The van der Waals surface area contributed by atoms with E-state index in [4.69, 9.17) is 15.9 Å². The van der Waals surface area contributed by atoms with Gasteiger partial charge in [-0.2, -0.15) is 0 Å². The van der Waals surface area contributed by atoms with Crippen LogP contribution < -0.4 is 16.4 Å². The number of urea groups is 1. The van der Waals surface area contributed by atoms with E-state index in [0.29, 0.717) is 0 Å². The quantitative estimate of drug-likeness (QED) is 0.323. The molecule has 0 aliphatic carbocycles. The van der Waals surface area contributed by atoms with Gasteiger partial charge in [0.25, 0.3) is 0 Å². The van der Waals surface area contributed by atoms with E-state index < -0.39 is 36.5 Å². The van der Waals surface area contributed by atoms with Crippen LogP contribution in [-0.4, -0.2) is 46.7 Å². The van der Waals surface area contributed by atoms with E-state index >= 15 is 0 Å². The maximum absolute atomic E-state index is 10.7. The van der Waals surface area contributed by atoms with Crippen molar-refractivity contribution in [3.05, 3.63) is 0 Å². The van der Waals surface area contributed by atoms with E-state index in [1.807, 2.05) is 5.32 Å². The highest BCUT2D eigenvalue weighted by Crippen LogP contribution is 1.76. The molecular weight excluding hydrogens is 210 g/mol. The first kappa shape index (κ1) is 12.8. The van der Waals surface area contributed by atoms with Gasteiger partial charge in [-0.3, -0.25) is 14.9 Å². The number of rotatable bonds is 3. The molecular formula is C6H9N3O6. The van der Waals surface area contributed by atoms with Crippen molar-refractivity contribution in [3.63, 3.8) is 0 Å². The summed E-state index contributed by atoms with van der Waals surface area (Å²) in [4.78, 5) is 41.3. The molecule has 0 spiro atoms. The maximum Gasteiger partial charge on any atom is 0.394 e. The van der Waals surface area contributed by atoms with Crippen molar-refractivity contribution in [3.8, 4) is 0 Å². The smallest absolute Gasteiger partial charge is 0.394 e. The monoisotopic (exact) mass is 219 g/mol. The number of nitrogens with two attached hydrogens (primary N) is 1. The van der Waals surface area contributed by atoms with Crippen molar-refractivity contribution in [1.29, 1.82) is 0 Å². The average Bonchev–Trinajstić information content (AvgIpc) is 2.13. The number of carboxylic acid groups (broad SMARTS) is 2. The van der Waals surface area contributed by atoms with E-state index in [1.54, 1.807) is 0 Å². The van der Waals surface area contributed by atoms with Gasteiger partial charge >= 0.3 is 23.9 Å². The van der Waals surface area contributed by atoms with Crippen LogP contribution in [0.2, 0.25) is 0 Å². The van der Waals surface area contributed by atoms with Gasteiger partial charge in [-0.05, 0) is 0 Å². The Hall–Kier alpha value is -2.16. The normalized spacial score (nSPS) is 11.3. The predicted molar refractivity (Wildman–Crippen MR) is 44.8 cm³/mol. The van der Waals surface area contributed by atoms with E-state index in [9.17, 15) is 19.2 Å². The van der Waals surface area contributed by atoms with Gasteiger partial charge in [0.1, 0.15) is 6.04 Å². The number of aliphatic carboxylic acids is 2. The van der Waals surface area contributed by atoms with Gasteiger partial charge in [0.15, 0.2) is 0 Å². The second-order valence-corrected chi connectivity index (χ2v) is 2.41. The Kier molecular flexibility index (Phi) is 4.75. The third-order valence-corrected chi connectivity index (χ3v) is 1.22. The summed E-state index contributed by atoms with van der Waals surface area (Å²) in [5.41, 5.74) is 5.01. The van der Waals surface area contributed by atoms with Crippen molar-refractivity contribution >= 4 is 23.9 Å². The molecule has 0 fully saturated rings. The van der Waals surface area contributed by atoms with Crippen LogP contribution in [0.25, 0.3) is 0 Å². The highest BCUT2D eigenvalue weighted by Gasteiger charge is 2.16. The van der Waals surface area contributed by atoms with Crippen LogP contribution in [0.4, 0.5) is 4.79 Å². The Morgan fingerprint density at radius 2 is 1.73 bits per heavy atom. The summed E-state index contributed by atoms with van der Waals surface area (Å²) in [6.07, 6.45) is 0. The van der Waals surface area contributed by atoms with Crippen molar-refractivity contribution in [1.82, 2.24) is 10.6 Å². The molecule has 0 saturated heterocycles. The van der Waals surface area contributed by atoms with Gasteiger partial charge in [0, 0.05) is 6.54 Å². The van der Waals surface area contributed by atoms with Gasteiger partial charge in [0.05, 0.1) is 0 Å². The molecule has 6 N–H and O–H groups in total. The van der Waals surface area contributed by atoms with Crippen LogP contribution in [0.5, 0.6) is 0 Å². The Bertz CT molecular complexity index is 301. The third kappa shape index (κ3) is 5.21. The Morgan fingerprint density at radius 3 is 2.13 bits per heavy atom. The molecule has 0 heterocycles. The van der Waals surface area contributed by atoms with Crippen molar-refractivity contribution in [2.24, 2.45) is 5.73 Å². The average molecular weight is 219 g/mol. The van der Waals surface area contributed by atoms with Crippen LogP contribution in [-0.2, 0) is 14.4 Å². The summed E-state index contributed by atoms with van der Waals surface area (Å²) in [5.74, 6) is -4.68. The number of carbonyl (C=O) groups is 4. The molecule has 0 aliphatic heterocycles. The molecule has 0 aromatic rings. The van der Waals surface area contributed by atoms with Gasteiger partial charge in [-0.15, -0.1) is 0 Å². The first-order chi connectivity index (χ1) is 6.84. The molecule has 0 unspecified atom stereocenters. The topological polar surface area (TPSA) is 159 Å². The lowest BCUT2D eigenvalue weighted by Gasteiger charge is -2.07. The summed E-state index contributed by atoms with van der Waals surface area (Å²) in [5, 5.41) is 19.7. The fourth-order valence-electron chi connectivity index (χ4n) is 0.491. The molecule has 1 atom stereocenters. The first-order valence-electron chi connectivity index (χ1n) is 3.65. The number of amides is 3. The van der Waals surface area contributed by atoms with E-state index in [1.165, 1.54) is 5.32 Å². The molecule has 15 heavy (non-hydrogen) atoms. The Labute approximate surface area is 83.2 Å². The van der Waals surface area contributed by atoms with Crippen molar-refractivity contribution < 1.29 is 29.4 Å². The molecule has 3 amide bonds. The fourth-order valence-corrected chi connectivity index (χ4v) is 0.491. The van der Waals surface area contributed by atoms with Gasteiger partial charge < -0.3 is 21.3 Å². The molecule has 9 nitrogen and oxygen atoms in total. The fraction of sp³-hybridized carbons (Fsp3) is 0.333. The minimum atomic E-state index is -1.83. The number of nitrogens with one attached hydrogen (secondary N) is 2. The zero-order valence-corrected chi connectivity index (χ0v) is 7.39. The van der Waals surface area contributed by atoms with Crippen molar-refractivity contribution in [2.75, 3.05) is 6.54 Å². The van der Waals surface area contributed by atoms with Crippen LogP contribution in [0, 0.1) is 0 Å². The molecule has 0 saturated carbocycles. The molecule has 0 bridgehead atoms. The highest BCUT2D eigenvalue weighted by molar-refractivity contribution is 6.34. The van der Waals surface area contributed by atoms with Crippen LogP contribution in [0.1, 0.15) is 0 Å². The summed E-state index contributed by atoms with van der Waals surface area (Å²) in [6.45, 7) is -0.423. The summed E-state index contributed by atoms with van der Waals surface area (Å²) < 4.78 is 0. The second kappa shape index (κ2) is 5.54. The zero-order chi connectivity index (χ0) is 12.0. The summed E-state index contributed by atoms with van der Waals surface area (Å²) in [7, 11) is 0. The van der Waals surface area contributed by atoms with Gasteiger partial charge in [-0.1, -0.05) is 0 Å². The predicted octanol–water partition coefficient (Wildman–Crippen LogP) is -2.69. The Balaban J connectivity index is 3.91. The first-order valence-corrected chi connectivity index (χ1v) is 3.65. The summed E-state index contributed by atoms with van der Waals surface area (Å²) in [6, 6.07) is -2.45. The van der Waals surface area contributed by atoms with E-state index in [-0.39, 0.29) is 0 Å². The van der Waals surface area contributed by atoms with Gasteiger partial charge in [0.2, 0.25) is 0 Å². The lowest BCUT2D eigenvalue weighted by molar-refractivity contribution is -0.149. The zero-order valence-electron chi connectivity index (χ0n) is 7.39. The molecule has 84 valence electrons. The Morgan fingerprint density at radius 1 is 1.20 bits per heavy atom. The molecule has 0 aromatic carbocycles. The molecule has 9 heteroatoms. The lowest BCUT2D eigenvalue weighted by Crippen LogP contribution is -2.48. The number of imide groups is 1. The highest BCUT2D eigenvalue weighted by atomic mass is 16.4. The van der Waals surface area contributed by atoms with Crippen LogP contribution >= 0.6 is 0 Å². The third-order valence-electron chi connectivity index (χ3n) is 1.22. The van der Waals surface area contributed by atoms with Crippen LogP contribution in [0.15, 0.2) is 0 Å². The van der Waals surface area contributed by atoms with Crippen LogP contribution in [0.3, 0.4) is 0 Å². The summed E-state index contributed by atoms with van der Waals surface area (Å²) >= 11 is 0. The molecule has 0 aliphatic rings.